The number of hydrogen-bond acceptors (Lipinski definition) is 9. The molecule has 0 fully saturated rings. The Morgan fingerprint density at radius 2 is 1.43 bits per heavy atom. The maximum absolute atomic E-state index is 9.60. The highest BCUT2D eigenvalue weighted by molar-refractivity contribution is 9.28. The van der Waals surface area contributed by atoms with Crippen LogP contribution in [0.15, 0.2) is 0 Å². The van der Waals surface area contributed by atoms with Crippen molar-refractivity contribution in [1.29, 1.82) is 0 Å². The molecule has 0 spiro atoms. The van der Waals surface area contributed by atoms with E-state index >= 15 is 0 Å². The normalized spacial score (nSPS) is 10.8. The molecule has 2 N–H and O–H groups in total. The molecule has 0 aromatic rings. The molecular formula is C12H29NO5S4Si. The second kappa shape index (κ2) is 19.1. The number of amides is 1. The molecule has 0 radical (unpaired) electrons. The van der Waals surface area contributed by atoms with Gasteiger partial charge >= 0.3 is 14.0 Å². The third-order valence-electron chi connectivity index (χ3n) is 1.75. The Bertz CT molecular complexity index is 263. The second-order valence-electron chi connectivity index (χ2n) is 3.59. The molecule has 0 heterocycles. The lowest BCUT2D eigenvalue weighted by Crippen LogP contribution is -2.42. The number of hydrogen-bond donors (Lipinski definition) is 1. The Morgan fingerprint density at radius 1 is 0.913 bits per heavy atom. The van der Waals surface area contributed by atoms with Gasteiger partial charge in [0.25, 0.3) is 0 Å². The van der Waals surface area contributed by atoms with Crippen LogP contribution in [0.1, 0.15) is 41.0 Å². The van der Waals surface area contributed by atoms with Crippen molar-refractivity contribution in [3.63, 3.8) is 0 Å². The molecule has 23 heavy (non-hydrogen) atoms. The van der Waals surface area contributed by atoms with Crippen molar-refractivity contribution in [2.45, 2.75) is 41.0 Å². The van der Waals surface area contributed by atoms with Crippen LogP contribution in [0.5, 0.6) is 0 Å². The third-order valence-corrected chi connectivity index (χ3v) is 14.7. The number of rotatable bonds is 13. The largest absolute Gasteiger partial charge is 0.585 e. The average molecular weight is 424 g/mol. The molecule has 0 unspecified atom stereocenters. The fourth-order valence-corrected chi connectivity index (χ4v) is 15.1. The second-order valence-corrected chi connectivity index (χ2v) is 14.0. The van der Waals surface area contributed by atoms with Gasteiger partial charge < -0.3 is 23.7 Å². The summed E-state index contributed by atoms with van der Waals surface area (Å²) in [4.78, 5) is 9.60. The molecule has 0 aliphatic carbocycles. The first kappa shape index (κ1) is 26.0. The van der Waals surface area contributed by atoms with Crippen molar-refractivity contribution >= 4 is 54.7 Å². The van der Waals surface area contributed by atoms with Crippen LogP contribution in [0, 0.1) is 0 Å². The minimum atomic E-state index is -2.51. The van der Waals surface area contributed by atoms with Crippen molar-refractivity contribution in [1.82, 2.24) is 0 Å². The van der Waals surface area contributed by atoms with Crippen LogP contribution in [0.2, 0.25) is 0 Å². The summed E-state index contributed by atoms with van der Waals surface area (Å²) in [7, 11) is 4.45. The van der Waals surface area contributed by atoms with Crippen molar-refractivity contribution in [2.24, 2.45) is 5.73 Å². The molecule has 6 nitrogen and oxygen atoms in total. The number of carbonyl (C=O) groups is 1. The fourth-order valence-electron chi connectivity index (χ4n) is 1.06. The van der Waals surface area contributed by atoms with Crippen LogP contribution in [0.3, 0.4) is 0 Å². The molecule has 0 aliphatic rings. The molecule has 11 heteroatoms. The molecule has 0 atom stereocenters. The topological polar surface area (TPSA) is 80.0 Å². The zero-order chi connectivity index (χ0) is 18.0. The van der Waals surface area contributed by atoms with Gasteiger partial charge in [-0.15, -0.1) is 0 Å². The summed E-state index contributed by atoms with van der Waals surface area (Å²) in [6, 6.07) is 0. The average Bonchev–Trinajstić information content (AvgIpc) is 2.48. The Kier molecular flexibility index (Phi) is 21.6. The summed E-state index contributed by atoms with van der Waals surface area (Å²) in [5, 5.41) is 0. The Hall–Kier alpha value is 0.767. The first-order chi connectivity index (χ1) is 11.0. The predicted molar refractivity (Wildman–Crippen MR) is 107 cm³/mol. The third kappa shape index (κ3) is 17.4. The molecule has 0 aliphatic heterocycles. The quantitative estimate of drug-likeness (QED) is 0.257. The van der Waals surface area contributed by atoms with Crippen LogP contribution in [-0.4, -0.2) is 46.2 Å². The lowest BCUT2D eigenvalue weighted by Gasteiger charge is -2.25. The number of ether oxygens (including phenoxy) is 1. The summed E-state index contributed by atoms with van der Waals surface area (Å²) in [5.41, 5.74) is 4.54. The van der Waals surface area contributed by atoms with Gasteiger partial charge in [0.05, 0.1) is 6.61 Å². The molecule has 0 aromatic carbocycles. The molecule has 0 saturated heterocycles. The van der Waals surface area contributed by atoms with E-state index in [0.29, 0.717) is 26.4 Å². The molecule has 1 amide bonds. The summed E-state index contributed by atoms with van der Waals surface area (Å²) in [6.45, 7) is 12.1. The van der Waals surface area contributed by atoms with E-state index in [-0.39, 0.29) is 0 Å². The summed E-state index contributed by atoms with van der Waals surface area (Å²) in [5.74, 6) is 1.17. The minimum absolute atomic E-state index is 0.356. The van der Waals surface area contributed by atoms with Crippen LogP contribution in [-0.2, 0) is 18.0 Å². The van der Waals surface area contributed by atoms with Crippen molar-refractivity contribution in [3.05, 3.63) is 0 Å². The molecule has 0 bridgehead atoms. The van der Waals surface area contributed by atoms with Gasteiger partial charge in [0.1, 0.15) is 0 Å². The van der Waals surface area contributed by atoms with E-state index in [1.807, 2.05) is 31.6 Å². The number of primary amides is 1. The van der Waals surface area contributed by atoms with Gasteiger partial charge in [-0.25, -0.2) is 4.79 Å². The van der Waals surface area contributed by atoms with Crippen LogP contribution >= 0.6 is 40.7 Å². The van der Waals surface area contributed by atoms with Crippen molar-refractivity contribution in [3.8, 4) is 0 Å². The van der Waals surface area contributed by atoms with Crippen LogP contribution in [0.4, 0.5) is 4.79 Å². The van der Waals surface area contributed by atoms with Crippen molar-refractivity contribution < 1.29 is 22.8 Å². The molecule has 0 rings (SSSR count). The lowest BCUT2D eigenvalue weighted by atomic mass is 10.6. The van der Waals surface area contributed by atoms with E-state index in [1.54, 1.807) is 36.8 Å². The van der Waals surface area contributed by atoms with Gasteiger partial charge in [-0.3, -0.25) is 0 Å². The van der Waals surface area contributed by atoms with Crippen LogP contribution < -0.4 is 5.73 Å². The summed E-state index contributed by atoms with van der Waals surface area (Å²) in [6.07, 6.45) is 0.492. The number of nitrogens with two attached hydrogens (primary N) is 1. The Labute approximate surface area is 156 Å². The van der Waals surface area contributed by atoms with E-state index < -0.39 is 14.0 Å². The van der Waals surface area contributed by atoms with Crippen molar-refractivity contribution in [2.75, 3.05) is 32.2 Å². The van der Waals surface area contributed by atoms with Gasteiger partial charge in [0.15, 0.2) is 0 Å². The standard InChI is InChI=1S/C9H22O3S4Si.C3H7NO2/c1-5-9-13-14-15-16-17(10-6-2,11-7-3)12-8-4;1-2-6-3(4)5/h5-9H2,1-4H3;2H2,1H3,(H2,4,5). The van der Waals surface area contributed by atoms with Crippen LogP contribution in [0.25, 0.3) is 0 Å². The van der Waals surface area contributed by atoms with E-state index in [4.69, 9.17) is 13.3 Å². The Balaban J connectivity index is 0. The minimum Gasteiger partial charge on any atom is -0.450 e. The van der Waals surface area contributed by atoms with Gasteiger partial charge in [0.2, 0.25) is 0 Å². The monoisotopic (exact) mass is 423 g/mol. The van der Waals surface area contributed by atoms with E-state index in [2.05, 4.69) is 17.4 Å². The molecular weight excluding hydrogens is 394 g/mol. The molecule has 0 aromatic heterocycles. The zero-order valence-corrected chi connectivity index (χ0v) is 18.8. The van der Waals surface area contributed by atoms with Gasteiger partial charge in [-0.1, -0.05) is 17.7 Å². The first-order valence-electron chi connectivity index (χ1n) is 7.49. The van der Waals surface area contributed by atoms with E-state index in [9.17, 15) is 4.79 Å². The molecule has 140 valence electrons. The van der Waals surface area contributed by atoms with E-state index in [0.717, 1.165) is 0 Å². The maximum Gasteiger partial charge on any atom is 0.585 e. The SMILES string of the molecule is CCCSSSS[Si](OCC)(OCC)OCC.CCOC(N)=O. The summed E-state index contributed by atoms with van der Waals surface area (Å²) < 4.78 is 21.4. The fraction of sp³-hybridized carbons (Fsp3) is 0.917. The Morgan fingerprint density at radius 3 is 1.74 bits per heavy atom. The maximum atomic E-state index is 9.60. The van der Waals surface area contributed by atoms with E-state index in [1.165, 1.54) is 12.2 Å². The highest BCUT2D eigenvalue weighted by atomic mass is 33.7. The number of carbonyl (C=O) groups excluding carboxylic acids is 1. The summed E-state index contributed by atoms with van der Waals surface area (Å²) >= 11 is 0. The lowest BCUT2D eigenvalue weighted by molar-refractivity contribution is 0.0971. The molecule has 0 saturated carbocycles. The highest BCUT2D eigenvalue weighted by Gasteiger charge is 2.43. The smallest absolute Gasteiger partial charge is 0.450 e. The first-order valence-corrected chi connectivity index (χ1v) is 14.9. The zero-order valence-electron chi connectivity index (χ0n) is 14.5. The van der Waals surface area contributed by atoms with Gasteiger partial charge in [0, 0.05) is 25.6 Å². The van der Waals surface area contributed by atoms with Gasteiger partial charge in [-0.05, 0) is 64.0 Å². The van der Waals surface area contributed by atoms with Gasteiger partial charge in [-0.2, -0.15) is 0 Å². The predicted octanol–water partition coefficient (Wildman–Crippen LogP) is 4.72. The highest BCUT2D eigenvalue weighted by Crippen LogP contribution is 2.48.